The maximum Gasteiger partial charge on any atom is 0.339 e. The van der Waals surface area contributed by atoms with Crippen molar-refractivity contribution in [1.29, 1.82) is 0 Å². The van der Waals surface area contributed by atoms with Gasteiger partial charge in [-0.2, -0.15) is 0 Å². The van der Waals surface area contributed by atoms with E-state index in [1.54, 1.807) is 53.1 Å². The molecule has 0 aromatic heterocycles. The highest BCUT2D eigenvalue weighted by molar-refractivity contribution is 8.00. The fourth-order valence-corrected chi connectivity index (χ4v) is 3.71. The van der Waals surface area contributed by atoms with Crippen LogP contribution < -0.4 is 0 Å². The number of thioether (sulfide) groups is 1. The minimum atomic E-state index is -0.578. The molecule has 2 rings (SSSR count). The summed E-state index contributed by atoms with van der Waals surface area (Å²) in [7, 11) is 3.41. The normalized spacial score (nSPS) is 12.2. The van der Waals surface area contributed by atoms with E-state index < -0.39 is 16.6 Å². The fourth-order valence-electron chi connectivity index (χ4n) is 2.41. The lowest BCUT2D eigenvalue weighted by Crippen LogP contribution is -2.27. The number of nitrogens with zero attached hydrogens (tertiary/aromatic N) is 1. The highest BCUT2D eigenvalue weighted by Gasteiger charge is 2.27. The molecule has 0 fully saturated rings. The van der Waals surface area contributed by atoms with E-state index in [0.29, 0.717) is 10.5 Å². The predicted molar refractivity (Wildman–Crippen MR) is 115 cm³/mol. The number of carbonyl (C=O) groups is 3. The lowest BCUT2D eigenvalue weighted by atomic mass is 9.91. The van der Waals surface area contributed by atoms with Gasteiger partial charge in [-0.3, -0.25) is 9.59 Å². The summed E-state index contributed by atoms with van der Waals surface area (Å²) >= 11 is 1.30. The first-order valence-corrected chi connectivity index (χ1v) is 10.2. The molecule has 29 heavy (non-hydrogen) atoms. The zero-order chi connectivity index (χ0) is 21.6. The Kier molecular flexibility index (Phi) is 7.62. The van der Waals surface area contributed by atoms with Crippen LogP contribution in [-0.2, 0) is 14.3 Å². The Bertz CT molecular complexity index is 872. The first-order chi connectivity index (χ1) is 13.6. The van der Waals surface area contributed by atoms with Crippen LogP contribution in [0.3, 0.4) is 0 Å². The van der Waals surface area contributed by atoms with Gasteiger partial charge in [0.15, 0.2) is 12.4 Å². The van der Waals surface area contributed by atoms with Gasteiger partial charge in [-0.25, -0.2) is 4.79 Å². The standard InChI is InChI=1S/C23H27NO4S/c1-23(2,3)19(25)15-28-22(27)17-13-9-10-14-18(17)29-20(21(26)24(4)5)16-11-7-6-8-12-16/h6-14,20H,15H2,1-5H3. The second-order valence-corrected chi connectivity index (χ2v) is 9.03. The first-order valence-electron chi connectivity index (χ1n) is 9.33. The second kappa shape index (κ2) is 9.74. The number of rotatable bonds is 7. The molecule has 1 unspecified atom stereocenters. The van der Waals surface area contributed by atoms with Crippen molar-refractivity contribution in [3.63, 3.8) is 0 Å². The summed E-state index contributed by atoms with van der Waals surface area (Å²) in [5.41, 5.74) is 0.611. The summed E-state index contributed by atoms with van der Waals surface area (Å²) in [5, 5.41) is -0.503. The number of likely N-dealkylation sites (N-methyl/N-ethyl adjacent to an activating group) is 1. The van der Waals surface area contributed by atoms with E-state index in [9.17, 15) is 14.4 Å². The van der Waals surface area contributed by atoms with Gasteiger partial charge in [0.25, 0.3) is 0 Å². The van der Waals surface area contributed by atoms with Crippen molar-refractivity contribution in [3.05, 3.63) is 65.7 Å². The first kappa shape index (κ1) is 22.7. The van der Waals surface area contributed by atoms with Crippen LogP contribution in [-0.4, -0.2) is 43.3 Å². The van der Waals surface area contributed by atoms with Gasteiger partial charge in [-0.1, -0.05) is 63.2 Å². The minimum Gasteiger partial charge on any atom is -0.454 e. The maximum atomic E-state index is 12.8. The molecule has 5 nitrogen and oxygen atoms in total. The van der Waals surface area contributed by atoms with Crippen molar-refractivity contribution in [2.24, 2.45) is 5.41 Å². The summed E-state index contributed by atoms with van der Waals surface area (Å²) in [6.07, 6.45) is 0. The van der Waals surface area contributed by atoms with Crippen molar-refractivity contribution < 1.29 is 19.1 Å². The average Bonchev–Trinajstić information content (AvgIpc) is 2.69. The van der Waals surface area contributed by atoms with E-state index >= 15 is 0 Å². The number of esters is 1. The molecule has 0 N–H and O–H groups in total. The maximum absolute atomic E-state index is 12.8. The van der Waals surface area contributed by atoms with E-state index in [-0.39, 0.29) is 18.3 Å². The Morgan fingerprint density at radius 3 is 2.14 bits per heavy atom. The van der Waals surface area contributed by atoms with Gasteiger partial charge in [0.1, 0.15) is 5.25 Å². The molecule has 154 valence electrons. The molecule has 0 bridgehead atoms. The van der Waals surface area contributed by atoms with E-state index in [1.807, 2.05) is 36.4 Å². The molecule has 0 heterocycles. The van der Waals surface area contributed by atoms with E-state index in [2.05, 4.69) is 0 Å². The molecule has 0 saturated heterocycles. The number of amides is 1. The molecular formula is C23H27NO4S. The number of ketones is 1. The number of benzene rings is 2. The molecule has 2 aromatic rings. The molecule has 6 heteroatoms. The number of ether oxygens (including phenoxy) is 1. The van der Waals surface area contributed by atoms with Gasteiger partial charge < -0.3 is 9.64 Å². The van der Waals surface area contributed by atoms with Gasteiger partial charge in [0.05, 0.1) is 5.56 Å². The van der Waals surface area contributed by atoms with E-state index in [1.165, 1.54) is 16.7 Å². The largest absolute Gasteiger partial charge is 0.454 e. The quantitative estimate of drug-likeness (QED) is 0.498. The Balaban J connectivity index is 2.27. The summed E-state index contributed by atoms with van der Waals surface area (Å²) < 4.78 is 5.26. The Morgan fingerprint density at radius 2 is 1.55 bits per heavy atom. The average molecular weight is 414 g/mol. The smallest absolute Gasteiger partial charge is 0.339 e. The van der Waals surface area contributed by atoms with Crippen molar-refractivity contribution in [2.75, 3.05) is 20.7 Å². The van der Waals surface area contributed by atoms with Crippen LogP contribution in [0, 0.1) is 5.41 Å². The van der Waals surface area contributed by atoms with Gasteiger partial charge in [0.2, 0.25) is 5.91 Å². The molecule has 2 aromatic carbocycles. The molecule has 0 spiro atoms. The molecule has 0 aliphatic rings. The van der Waals surface area contributed by atoms with Gasteiger partial charge >= 0.3 is 5.97 Å². The monoisotopic (exact) mass is 413 g/mol. The molecule has 0 saturated carbocycles. The predicted octanol–water partition coefficient (Wildman–Crippen LogP) is 4.38. The third-order valence-corrected chi connectivity index (χ3v) is 5.61. The van der Waals surface area contributed by atoms with Crippen LogP contribution >= 0.6 is 11.8 Å². The summed E-state index contributed by atoms with van der Waals surface area (Å²) in [6.45, 7) is 5.07. The van der Waals surface area contributed by atoms with Gasteiger partial charge in [-0.05, 0) is 17.7 Å². The molecule has 0 aliphatic carbocycles. The lowest BCUT2D eigenvalue weighted by molar-refractivity contribution is -0.129. The summed E-state index contributed by atoms with van der Waals surface area (Å²) in [4.78, 5) is 39.7. The molecule has 1 amide bonds. The van der Waals surface area contributed by atoms with Gasteiger partial charge in [-0.15, -0.1) is 11.8 Å². The third kappa shape index (κ3) is 6.19. The summed E-state index contributed by atoms with van der Waals surface area (Å²) in [5.74, 6) is -0.803. The van der Waals surface area contributed by atoms with Crippen LogP contribution in [0.5, 0.6) is 0 Å². The Hall–Kier alpha value is -2.60. The highest BCUT2D eigenvalue weighted by Crippen LogP contribution is 2.38. The van der Waals surface area contributed by atoms with Crippen LogP contribution in [0.25, 0.3) is 0 Å². The van der Waals surface area contributed by atoms with Crippen LogP contribution in [0.15, 0.2) is 59.5 Å². The number of hydrogen-bond acceptors (Lipinski definition) is 5. The zero-order valence-electron chi connectivity index (χ0n) is 17.5. The molecule has 0 aliphatic heterocycles. The SMILES string of the molecule is CN(C)C(=O)C(Sc1ccccc1C(=O)OCC(=O)C(C)(C)C)c1ccccc1. The second-order valence-electron chi connectivity index (χ2n) is 7.89. The van der Waals surface area contributed by atoms with E-state index in [0.717, 1.165) is 5.56 Å². The minimum absolute atomic E-state index is 0.0766. The zero-order valence-corrected chi connectivity index (χ0v) is 18.3. The number of carbonyl (C=O) groups excluding carboxylic acids is 3. The topological polar surface area (TPSA) is 63.7 Å². The van der Waals surface area contributed by atoms with Crippen molar-refractivity contribution in [3.8, 4) is 0 Å². The van der Waals surface area contributed by atoms with Gasteiger partial charge in [0, 0.05) is 24.4 Å². The molecule has 1 atom stereocenters. The highest BCUT2D eigenvalue weighted by atomic mass is 32.2. The lowest BCUT2D eigenvalue weighted by Gasteiger charge is -2.21. The van der Waals surface area contributed by atoms with Crippen molar-refractivity contribution in [1.82, 2.24) is 4.90 Å². The van der Waals surface area contributed by atoms with Crippen LogP contribution in [0.4, 0.5) is 0 Å². The van der Waals surface area contributed by atoms with E-state index in [4.69, 9.17) is 4.74 Å². The third-order valence-electron chi connectivity index (χ3n) is 4.29. The van der Waals surface area contributed by atoms with Crippen molar-refractivity contribution >= 4 is 29.4 Å². The number of hydrogen-bond donors (Lipinski definition) is 0. The van der Waals surface area contributed by atoms with Crippen LogP contribution in [0.2, 0.25) is 0 Å². The number of Topliss-reactive ketones (excluding diaryl/α,β-unsaturated/α-hetero) is 1. The van der Waals surface area contributed by atoms with Crippen LogP contribution in [0.1, 0.15) is 41.9 Å². The Labute approximate surface area is 176 Å². The molecule has 0 radical (unpaired) electrons. The summed E-state index contributed by atoms with van der Waals surface area (Å²) in [6, 6.07) is 16.4. The fraction of sp³-hybridized carbons (Fsp3) is 0.348. The Morgan fingerprint density at radius 1 is 0.966 bits per heavy atom. The molecular weight excluding hydrogens is 386 g/mol. The van der Waals surface area contributed by atoms with Crippen molar-refractivity contribution in [2.45, 2.75) is 30.9 Å².